The SMILES string of the molecule is CCC1(C2CC2)NC(C(=O)O)CS1. The lowest BCUT2D eigenvalue weighted by atomic mass is 10.1. The van der Waals surface area contributed by atoms with E-state index in [9.17, 15) is 4.79 Å². The summed E-state index contributed by atoms with van der Waals surface area (Å²) in [4.78, 5) is 10.9. The fourth-order valence-electron chi connectivity index (χ4n) is 2.02. The molecule has 2 fully saturated rings. The number of hydrogen-bond donors (Lipinski definition) is 2. The Morgan fingerprint density at radius 2 is 2.38 bits per heavy atom. The molecule has 2 aliphatic rings. The van der Waals surface area contributed by atoms with Crippen LogP contribution < -0.4 is 5.32 Å². The minimum Gasteiger partial charge on any atom is -0.480 e. The predicted octanol–water partition coefficient (Wildman–Crippen LogP) is 1.29. The van der Waals surface area contributed by atoms with Crippen molar-refractivity contribution in [3.8, 4) is 0 Å². The van der Waals surface area contributed by atoms with E-state index in [0.29, 0.717) is 5.92 Å². The zero-order valence-corrected chi connectivity index (χ0v) is 8.56. The molecule has 2 N–H and O–H groups in total. The van der Waals surface area contributed by atoms with Gasteiger partial charge in [-0.15, -0.1) is 11.8 Å². The number of carbonyl (C=O) groups is 1. The summed E-state index contributed by atoms with van der Waals surface area (Å²) < 4.78 is 0. The Morgan fingerprint density at radius 3 is 2.77 bits per heavy atom. The average Bonchev–Trinajstić information content (AvgIpc) is 2.86. The highest BCUT2D eigenvalue weighted by atomic mass is 32.2. The van der Waals surface area contributed by atoms with Gasteiger partial charge in [-0.3, -0.25) is 10.1 Å². The largest absolute Gasteiger partial charge is 0.480 e. The molecule has 0 aromatic heterocycles. The van der Waals surface area contributed by atoms with Crippen LogP contribution in [0.25, 0.3) is 0 Å². The summed E-state index contributed by atoms with van der Waals surface area (Å²) in [5.41, 5.74) is 0. The minimum absolute atomic E-state index is 0.0864. The number of rotatable bonds is 3. The minimum atomic E-state index is -0.705. The Hall–Kier alpha value is -0.220. The number of carboxylic acid groups (broad SMARTS) is 1. The molecule has 2 unspecified atom stereocenters. The highest BCUT2D eigenvalue weighted by Gasteiger charge is 2.50. The molecule has 0 amide bonds. The van der Waals surface area contributed by atoms with Gasteiger partial charge in [-0.2, -0.15) is 0 Å². The van der Waals surface area contributed by atoms with E-state index in [2.05, 4.69) is 12.2 Å². The van der Waals surface area contributed by atoms with Crippen molar-refractivity contribution in [2.75, 3.05) is 5.75 Å². The molecule has 1 saturated heterocycles. The molecule has 0 aromatic rings. The van der Waals surface area contributed by atoms with Crippen molar-refractivity contribution >= 4 is 17.7 Å². The van der Waals surface area contributed by atoms with Crippen molar-refractivity contribution in [3.63, 3.8) is 0 Å². The maximum Gasteiger partial charge on any atom is 0.321 e. The lowest BCUT2D eigenvalue weighted by Crippen LogP contribution is -2.46. The number of thioether (sulfide) groups is 1. The monoisotopic (exact) mass is 201 g/mol. The molecule has 2 atom stereocenters. The van der Waals surface area contributed by atoms with Crippen molar-refractivity contribution in [2.24, 2.45) is 5.92 Å². The summed E-state index contributed by atoms with van der Waals surface area (Å²) in [6.07, 6.45) is 3.56. The molecule has 74 valence electrons. The van der Waals surface area contributed by atoms with Crippen LogP contribution in [0.15, 0.2) is 0 Å². The molecule has 1 heterocycles. The zero-order chi connectivity index (χ0) is 9.47. The van der Waals surface area contributed by atoms with E-state index in [1.165, 1.54) is 12.8 Å². The van der Waals surface area contributed by atoms with E-state index in [0.717, 1.165) is 12.2 Å². The van der Waals surface area contributed by atoms with Gasteiger partial charge >= 0.3 is 5.97 Å². The highest BCUT2D eigenvalue weighted by molar-refractivity contribution is 8.01. The van der Waals surface area contributed by atoms with Crippen molar-refractivity contribution in [2.45, 2.75) is 37.1 Å². The van der Waals surface area contributed by atoms with Gasteiger partial charge in [0.15, 0.2) is 0 Å². The number of aliphatic carboxylic acids is 1. The van der Waals surface area contributed by atoms with Crippen LogP contribution in [0.2, 0.25) is 0 Å². The Morgan fingerprint density at radius 1 is 1.69 bits per heavy atom. The van der Waals surface area contributed by atoms with Crippen LogP contribution >= 0.6 is 11.8 Å². The first-order valence-corrected chi connectivity index (χ1v) is 5.81. The molecule has 1 saturated carbocycles. The predicted molar refractivity (Wildman–Crippen MR) is 52.8 cm³/mol. The quantitative estimate of drug-likeness (QED) is 0.722. The first kappa shape index (κ1) is 9.34. The van der Waals surface area contributed by atoms with E-state index >= 15 is 0 Å². The first-order chi connectivity index (χ1) is 6.18. The van der Waals surface area contributed by atoms with Crippen molar-refractivity contribution in [3.05, 3.63) is 0 Å². The van der Waals surface area contributed by atoms with Crippen LogP contribution in [-0.2, 0) is 4.79 Å². The smallest absolute Gasteiger partial charge is 0.321 e. The maximum absolute atomic E-state index is 10.8. The summed E-state index contributed by atoms with van der Waals surface area (Å²) in [7, 11) is 0. The second kappa shape index (κ2) is 3.17. The summed E-state index contributed by atoms with van der Waals surface area (Å²) in [5, 5.41) is 12.1. The fourth-order valence-corrected chi connectivity index (χ4v) is 3.61. The normalized spacial score (nSPS) is 39.3. The molecule has 4 heteroatoms. The van der Waals surface area contributed by atoms with E-state index in [1.807, 2.05) is 0 Å². The molecule has 0 spiro atoms. The number of hydrogen-bond acceptors (Lipinski definition) is 3. The third-order valence-electron chi connectivity index (χ3n) is 2.99. The summed E-state index contributed by atoms with van der Waals surface area (Å²) in [6, 6.07) is -0.328. The van der Waals surface area contributed by atoms with E-state index < -0.39 is 5.97 Å². The van der Waals surface area contributed by atoms with Crippen molar-refractivity contribution < 1.29 is 9.90 Å². The lowest BCUT2D eigenvalue weighted by Gasteiger charge is -2.27. The van der Waals surface area contributed by atoms with Gasteiger partial charge in [0.2, 0.25) is 0 Å². The van der Waals surface area contributed by atoms with Gasteiger partial charge in [-0.1, -0.05) is 6.92 Å². The Kier molecular flexibility index (Phi) is 2.28. The van der Waals surface area contributed by atoms with Gasteiger partial charge in [0.25, 0.3) is 0 Å². The molecule has 0 radical (unpaired) electrons. The number of carboxylic acids is 1. The Bertz CT molecular complexity index is 230. The molecule has 1 aliphatic heterocycles. The van der Waals surface area contributed by atoms with Crippen LogP contribution in [0, 0.1) is 5.92 Å². The molecule has 0 bridgehead atoms. The fraction of sp³-hybridized carbons (Fsp3) is 0.889. The first-order valence-electron chi connectivity index (χ1n) is 4.82. The van der Waals surface area contributed by atoms with E-state index in [4.69, 9.17) is 5.11 Å². The van der Waals surface area contributed by atoms with Crippen LogP contribution in [0.4, 0.5) is 0 Å². The second-order valence-electron chi connectivity index (χ2n) is 3.86. The lowest BCUT2D eigenvalue weighted by molar-refractivity contribution is -0.138. The number of nitrogens with one attached hydrogen (secondary N) is 1. The third-order valence-corrected chi connectivity index (χ3v) is 4.74. The van der Waals surface area contributed by atoms with Crippen LogP contribution in [0.3, 0.4) is 0 Å². The molecule has 1 aliphatic carbocycles. The highest BCUT2D eigenvalue weighted by Crippen LogP contribution is 2.50. The molecule has 3 nitrogen and oxygen atoms in total. The van der Waals surface area contributed by atoms with Gasteiger partial charge in [0, 0.05) is 5.75 Å². The summed E-state index contributed by atoms with van der Waals surface area (Å²) in [5.74, 6) is 0.731. The van der Waals surface area contributed by atoms with E-state index in [-0.39, 0.29) is 10.9 Å². The van der Waals surface area contributed by atoms with Gasteiger partial charge < -0.3 is 5.11 Å². The summed E-state index contributed by atoms with van der Waals surface area (Å²) in [6.45, 7) is 2.14. The maximum atomic E-state index is 10.8. The van der Waals surface area contributed by atoms with Crippen LogP contribution in [0.5, 0.6) is 0 Å². The van der Waals surface area contributed by atoms with E-state index in [1.54, 1.807) is 11.8 Å². The standard InChI is InChI=1S/C9H15NO2S/c1-2-9(6-3-4-6)10-7(5-13-9)8(11)12/h6-7,10H,2-5H2,1H3,(H,11,12). The molecular weight excluding hydrogens is 186 g/mol. The summed E-state index contributed by atoms with van der Waals surface area (Å²) >= 11 is 1.80. The third kappa shape index (κ3) is 1.57. The Labute approximate surface area is 82.3 Å². The van der Waals surface area contributed by atoms with Crippen molar-refractivity contribution in [1.29, 1.82) is 0 Å². The molecule has 0 aromatic carbocycles. The van der Waals surface area contributed by atoms with Gasteiger partial charge in [-0.25, -0.2) is 0 Å². The van der Waals surface area contributed by atoms with Crippen LogP contribution in [-0.4, -0.2) is 27.7 Å². The van der Waals surface area contributed by atoms with Gasteiger partial charge in [0.1, 0.15) is 6.04 Å². The van der Waals surface area contributed by atoms with Crippen molar-refractivity contribution in [1.82, 2.24) is 5.32 Å². The topological polar surface area (TPSA) is 49.3 Å². The molecule has 2 rings (SSSR count). The van der Waals surface area contributed by atoms with Gasteiger partial charge in [0.05, 0.1) is 4.87 Å². The molecular formula is C9H15NO2S. The van der Waals surface area contributed by atoms with Gasteiger partial charge in [-0.05, 0) is 25.2 Å². The second-order valence-corrected chi connectivity index (χ2v) is 5.21. The zero-order valence-electron chi connectivity index (χ0n) is 7.75. The Balaban J connectivity index is 2.04. The van der Waals surface area contributed by atoms with Crippen LogP contribution in [0.1, 0.15) is 26.2 Å². The molecule has 13 heavy (non-hydrogen) atoms. The average molecular weight is 201 g/mol.